The van der Waals surface area contributed by atoms with Crippen LogP contribution in [0.25, 0.3) is 0 Å². The Kier molecular flexibility index (Phi) is 10.2. The summed E-state index contributed by atoms with van der Waals surface area (Å²) in [5.74, 6) is -0.697. The van der Waals surface area contributed by atoms with Crippen LogP contribution >= 0.6 is 0 Å². The van der Waals surface area contributed by atoms with Crippen LogP contribution in [-0.4, -0.2) is 22.5 Å². The number of anilines is 1. The monoisotopic (exact) mass is 336 g/mol. The first-order valence-electron chi connectivity index (χ1n) is 8.79. The van der Waals surface area contributed by atoms with E-state index < -0.39 is 10.9 Å². The molecule has 0 radical (unpaired) electrons. The maximum Gasteiger partial charge on any atom is 0.303 e. The molecule has 0 saturated carbocycles. The van der Waals surface area contributed by atoms with E-state index in [9.17, 15) is 14.9 Å². The Hall–Kier alpha value is -2.11. The van der Waals surface area contributed by atoms with Crippen LogP contribution in [0.1, 0.15) is 64.2 Å². The first-order chi connectivity index (χ1) is 11.6. The number of aliphatic carboxylic acids is 1. The van der Waals surface area contributed by atoms with Gasteiger partial charge >= 0.3 is 5.97 Å². The maximum absolute atomic E-state index is 10.6. The van der Waals surface area contributed by atoms with E-state index in [1.165, 1.54) is 44.2 Å². The van der Waals surface area contributed by atoms with Gasteiger partial charge in [0.2, 0.25) is 0 Å². The zero-order chi connectivity index (χ0) is 17.6. The summed E-state index contributed by atoms with van der Waals surface area (Å²) >= 11 is 0. The van der Waals surface area contributed by atoms with Crippen LogP contribution in [0.5, 0.6) is 0 Å². The van der Waals surface area contributed by atoms with Crippen molar-refractivity contribution >= 4 is 17.3 Å². The van der Waals surface area contributed by atoms with Gasteiger partial charge in [0.25, 0.3) is 5.69 Å². The quantitative estimate of drug-likeness (QED) is 0.283. The van der Waals surface area contributed by atoms with Crippen LogP contribution in [0.4, 0.5) is 11.4 Å². The lowest BCUT2D eigenvalue weighted by Gasteiger charge is -2.06. The number of carbonyl (C=O) groups is 1. The van der Waals surface area contributed by atoms with Crippen molar-refractivity contribution in [2.45, 2.75) is 64.2 Å². The molecule has 24 heavy (non-hydrogen) atoms. The number of nitro benzene ring substituents is 1. The molecule has 0 aliphatic carbocycles. The lowest BCUT2D eigenvalue weighted by molar-refractivity contribution is -0.384. The third-order valence-electron chi connectivity index (χ3n) is 3.97. The third-order valence-corrected chi connectivity index (χ3v) is 3.97. The van der Waals surface area contributed by atoms with E-state index >= 15 is 0 Å². The molecule has 1 rings (SSSR count). The highest BCUT2D eigenvalue weighted by molar-refractivity contribution is 5.66. The van der Waals surface area contributed by atoms with E-state index in [0.29, 0.717) is 6.42 Å². The number of unbranched alkanes of at least 4 members (excludes halogenated alkanes) is 8. The average Bonchev–Trinajstić information content (AvgIpc) is 2.56. The number of nitro groups is 1. The number of non-ortho nitro benzene ring substituents is 1. The number of carboxylic acid groups (broad SMARTS) is 1. The van der Waals surface area contributed by atoms with Crippen molar-refractivity contribution in [2.24, 2.45) is 0 Å². The number of nitrogens with one attached hydrogen (secondary N) is 1. The van der Waals surface area contributed by atoms with Crippen molar-refractivity contribution < 1.29 is 14.8 Å². The van der Waals surface area contributed by atoms with E-state index in [4.69, 9.17) is 5.11 Å². The number of hydrogen-bond acceptors (Lipinski definition) is 4. The summed E-state index contributed by atoms with van der Waals surface area (Å²) in [6.07, 6.45) is 10.4. The minimum absolute atomic E-state index is 0.114. The van der Waals surface area contributed by atoms with E-state index in [-0.39, 0.29) is 5.69 Å². The Morgan fingerprint density at radius 1 is 0.917 bits per heavy atom. The Bertz CT molecular complexity index is 488. The van der Waals surface area contributed by atoms with Gasteiger partial charge in [0.1, 0.15) is 0 Å². The van der Waals surface area contributed by atoms with E-state index in [1.807, 2.05) is 0 Å². The molecule has 6 heteroatoms. The largest absolute Gasteiger partial charge is 0.481 e. The summed E-state index contributed by atoms with van der Waals surface area (Å²) < 4.78 is 0. The Balaban J connectivity index is 1.90. The van der Waals surface area contributed by atoms with Crippen molar-refractivity contribution in [3.8, 4) is 0 Å². The van der Waals surface area contributed by atoms with Crippen LogP contribution < -0.4 is 5.32 Å². The Morgan fingerprint density at radius 3 is 1.92 bits per heavy atom. The maximum atomic E-state index is 10.6. The average molecular weight is 336 g/mol. The zero-order valence-corrected chi connectivity index (χ0v) is 14.2. The number of nitrogens with zero attached hydrogens (tertiary/aromatic N) is 1. The van der Waals surface area contributed by atoms with Gasteiger partial charge in [0, 0.05) is 30.8 Å². The smallest absolute Gasteiger partial charge is 0.303 e. The molecule has 6 nitrogen and oxygen atoms in total. The summed E-state index contributed by atoms with van der Waals surface area (Å²) in [4.78, 5) is 20.5. The molecule has 0 unspecified atom stereocenters. The molecule has 0 aliphatic heterocycles. The summed E-state index contributed by atoms with van der Waals surface area (Å²) in [6, 6.07) is 6.50. The van der Waals surface area contributed by atoms with Crippen molar-refractivity contribution in [2.75, 3.05) is 11.9 Å². The SMILES string of the molecule is O=C(O)CCCCCCCCCCCNc1ccc([N+](=O)[O-])cc1. The molecular weight excluding hydrogens is 308 g/mol. The second kappa shape index (κ2) is 12.3. The molecule has 1 aromatic rings. The van der Waals surface area contributed by atoms with Crippen LogP contribution in [0.3, 0.4) is 0 Å². The standard InChI is InChI=1S/C18H28N2O4/c21-18(22)10-8-6-4-2-1-3-5-7-9-15-19-16-11-13-17(14-12-16)20(23)24/h11-14,19H,1-10,15H2,(H,21,22). The fraction of sp³-hybridized carbons (Fsp3) is 0.611. The summed E-state index contributed by atoms with van der Waals surface area (Å²) in [7, 11) is 0. The summed E-state index contributed by atoms with van der Waals surface area (Å²) in [5, 5.41) is 22.4. The normalized spacial score (nSPS) is 10.5. The first-order valence-corrected chi connectivity index (χ1v) is 8.79. The second-order valence-corrected chi connectivity index (χ2v) is 6.06. The number of carboxylic acids is 1. The molecule has 0 bridgehead atoms. The molecule has 0 spiro atoms. The summed E-state index contributed by atoms with van der Waals surface area (Å²) in [6.45, 7) is 0.882. The fourth-order valence-corrected chi connectivity index (χ4v) is 2.57. The second-order valence-electron chi connectivity index (χ2n) is 6.06. The van der Waals surface area contributed by atoms with Gasteiger partial charge in [-0.2, -0.15) is 0 Å². The zero-order valence-electron chi connectivity index (χ0n) is 14.2. The Morgan fingerprint density at radius 2 is 1.42 bits per heavy atom. The minimum Gasteiger partial charge on any atom is -0.481 e. The lowest BCUT2D eigenvalue weighted by Crippen LogP contribution is -2.01. The van der Waals surface area contributed by atoms with Gasteiger partial charge < -0.3 is 10.4 Å². The molecule has 0 atom stereocenters. The third kappa shape index (κ3) is 9.82. The molecule has 134 valence electrons. The molecule has 0 aromatic heterocycles. The van der Waals surface area contributed by atoms with Crippen LogP contribution in [0.15, 0.2) is 24.3 Å². The van der Waals surface area contributed by atoms with Gasteiger partial charge in [-0.05, 0) is 25.0 Å². The highest BCUT2D eigenvalue weighted by Gasteiger charge is 2.03. The molecule has 0 fully saturated rings. The predicted molar refractivity (Wildman–Crippen MR) is 95.4 cm³/mol. The molecule has 0 saturated heterocycles. The molecule has 0 aliphatic rings. The highest BCUT2D eigenvalue weighted by Crippen LogP contribution is 2.16. The first kappa shape index (κ1) is 19.9. The van der Waals surface area contributed by atoms with E-state index in [0.717, 1.165) is 37.9 Å². The molecule has 1 aromatic carbocycles. The van der Waals surface area contributed by atoms with Crippen molar-refractivity contribution in [3.63, 3.8) is 0 Å². The molecule has 0 amide bonds. The van der Waals surface area contributed by atoms with Gasteiger partial charge in [0.05, 0.1) is 4.92 Å². The summed E-state index contributed by atoms with van der Waals surface area (Å²) in [5.41, 5.74) is 1.03. The number of rotatable bonds is 14. The molecule has 0 heterocycles. The highest BCUT2D eigenvalue weighted by atomic mass is 16.6. The van der Waals surface area contributed by atoms with Gasteiger partial charge in [0.15, 0.2) is 0 Å². The van der Waals surface area contributed by atoms with Crippen LogP contribution in [-0.2, 0) is 4.79 Å². The van der Waals surface area contributed by atoms with Crippen molar-refractivity contribution in [1.82, 2.24) is 0 Å². The van der Waals surface area contributed by atoms with E-state index in [1.54, 1.807) is 12.1 Å². The minimum atomic E-state index is -0.697. The lowest BCUT2D eigenvalue weighted by atomic mass is 10.1. The van der Waals surface area contributed by atoms with Crippen molar-refractivity contribution in [3.05, 3.63) is 34.4 Å². The van der Waals surface area contributed by atoms with Gasteiger partial charge in [-0.3, -0.25) is 14.9 Å². The van der Waals surface area contributed by atoms with Gasteiger partial charge in [-0.1, -0.05) is 44.9 Å². The van der Waals surface area contributed by atoms with Gasteiger partial charge in [-0.25, -0.2) is 0 Å². The van der Waals surface area contributed by atoms with Crippen molar-refractivity contribution in [1.29, 1.82) is 0 Å². The number of hydrogen-bond donors (Lipinski definition) is 2. The Labute approximate surface area is 143 Å². The fourth-order valence-electron chi connectivity index (χ4n) is 2.57. The van der Waals surface area contributed by atoms with Gasteiger partial charge in [-0.15, -0.1) is 0 Å². The topological polar surface area (TPSA) is 92.5 Å². The van der Waals surface area contributed by atoms with Crippen LogP contribution in [0, 0.1) is 10.1 Å². The number of benzene rings is 1. The van der Waals surface area contributed by atoms with Crippen LogP contribution in [0.2, 0.25) is 0 Å². The predicted octanol–water partition coefficient (Wildman–Crippen LogP) is 4.99. The molecular formula is C18H28N2O4. The molecule has 2 N–H and O–H groups in total. The van der Waals surface area contributed by atoms with E-state index in [2.05, 4.69) is 5.32 Å².